The van der Waals surface area contributed by atoms with E-state index in [2.05, 4.69) is 10.6 Å². The van der Waals surface area contributed by atoms with Crippen molar-refractivity contribution in [1.82, 2.24) is 0 Å². The number of carboxylic acids is 4. The molecule has 0 spiro atoms. The van der Waals surface area contributed by atoms with Crippen LogP contribution in [-0.4, -0.2) is 67.7 Å². The molecule has 0 radical (unpaired) electrons. The molecular weight excluding hydrogens is 893 g/mol. The second-order valence-corrected chi connectivity index (χ2v) is 15.9. The van der Waals surface area contributed by atoms with E-state index in [-0.39, 0.29) is 24.2 Å². The SMILES string of the molecule is CC(c1ccc(-c2ccccc2)cc1)(c1ccc(CC(=O)/C=C/C(=O)O)c(-c2ccccc2NC(=O)/C=C/C(=O)O)c1)c1ccc(CC(=O)/C=C/C(=O)O)c(-c2ccccc2NC(=O)/C=C/C(=O)O)c1. The molecule has 2 amide bonds. The van der Waals surface area contributed by atoms with Gasteiger partial charge in [0, 0.05) is 77.2 Å². The maximum atomic E-state index is 13.3. The van der Waals surface area contributed by atoms with Crippen molar-refractivity contribution < 1.29 is 58.8 Å². The molecule has 6 aromatic carbocycles. The van der Waals surface area contributed by atoms with Gasteiger partial charge in [-0.05, 0) is 93.4 Å². The summed E-state index contributed by atoms with van der Waals surface area (Å²) in [4.78, 5) is 97.9. The maximum Gasteiger partial charge on any atom is 0.328 e. The van der Waals surface area contributed by atoms with E-state index in [1.54, 1.807) is 60.7 Å². The smallest absolute Gasteiger partial charge is 0.328 e. The van der Waals surface area contributed by atoms with Crippen molar-refractivity contribution in [2.24, 2.45) is 0 Å². The number of amides is 2. The first-order valence-corrected chi connectivity index (χ1v) is 21.4. The van der Waals surface area contributed by atoms with Crippen LogP contribution in [0.25, 0.3) is 33.4 Å². The number of aliphatic carboxylic acids is 4. The predicted octanol–water partition coefficient (Wildman–Crippen LogP) is 8.71. The topological polar surface area (TPSA) is 242 Å². The Kier molecular flexibility index (Phi) is 16.2. The largest absolute Gasteiger partial charge is 0.478 e. The molecule has 0 heterocycles. The minimum Gasteiger partial charge on any atom is -0.478 e. The third-order valence-electron chi connectivity index (χ3n) is 11.2. The fourth-order valence-electron chi connectivity index (χ4n) is 7.83. The van der Waals surface area contributed by atoms with Gasteiger partial charge in [0.05, 0.1) is 0 Å². The van der Waals surface area contributed by atoms with E-state index < -0.39 is 52.7 Å². The van der Waals surface area contributed by atoms with Crippen LogP contribution in [0.1, 0.15) is 34.7 Å². The Bertz CT molecular complexity index is 2980. The van der Waals surface area contributed by atoms with Gasteiger partial charge in [0.2, 0.25) is 11.8 Å². The van der Waals surface area contributed by atoms with Gasteiger partial charge in [-0.2, -0.15) is 0 Å². The second kappa shape index (κ2) is 22.8. The minimum atomic E-state index is -1.33. The number of hydrogen-bond acceptors (Lipinski definition) is 8. The second-order valence-electron chi connectivity index (χ2n) is 15.9. The Labute approximate surface area is 401 Å². The molecule has 350 valence electrons. The highest BCUT2D eigenvalue weighted by molar-refractivity contribution is 6.06. The highest BCUT2D eigenvalue weighted by Gasteiger charge is 2.34. The number of allylic oxidation sites excluding steroid dienone is 2. The number of para-hydroxylation sites is 2. The molecule has 6 rings (SSSR count). The summed E-state index contributed by atoms with van der Waals surface area (Å²) >= 11 is 0. The molecule has 6 aromatic rings. The summed E-state index contributed by atoms with van der Waals surface area (Å²) in [5.74, 6) is -7.83. The number of hydrogen-bond donors (Lipinski definition) is 6. The van der Waals surface area contributed by atoms with Crippen molar-refractivity contribution in [3.8, 4) is 33.4 Å². The number of nitrogens with one attached hydrogen (secondary N) is 2. The number of carbonyl (C=O) groups is 8. The molecule has 0 bridgehead atoms. The minimum absolute atomic E-state index is 0.254. The molecule has 0 saturated heterocycles. The number of benzene rings is 6. The average molecular weight is 937 g/mol. The van der Waals surface area contributed by atoms with E-state index in [1.807, 2.05) is 85.8 Å². The van der Waals surface area contributed by atoms with Crippen LogP contribution < -0.4 is 10.6 Å². The molecule has 0 unspecified atom stereocenters. The number of carbonyl (C=O) groups excluding carboxylic acids is 4. The van der Waals surface area contributed by atoms with E-state index in [0.29, 0.717) is 56.7 Å². The van der Waals surface area contributed by atoms with E-state index in [0.717, 1.165) is 53.1 Å². The van der Waals surface area contributed by atoms with Crippen LogP contribution in [0.5, 0.6) is 0 Å². The molecule has 0 fully saturated rings. The van der Waals surface area contributed by atoms with Crippen molar-refractivity contribution in [1.29, 1.82) is 0 Å². The molecule has 0 aliphatic heterocycles. The maximum absolute atomic E-state index is 13.3. The number of anilines is 2. The quantitative estimate of drug-likeness (QED) is 0.0311. The van der Waals surface area contributed by atoms with E-state index >= 15 is 0 Å². The molecule has 70 heavy (non-hydrogen) atoms. The Morgan fingerprint density at radius 3 is 1.17 bits per heavy atom. The Morgan fingerprint density at radius 2 is 0.757 bits per heavy atom. The molecule has 0 aliphatic rings. The molecule has 14 heteroatoms. The highest BCUT2D eigenvalue weighted by Crippen LogP contribution is 2.45. The summed E-state index contributed by atoms with van der Waals surface area (Å²) in [6, 6.07) is 41.8. The molecule has 0 atom stereocenters. The van der Waals surface area contributed by atoms with Gasteiger partial charge in [-0.15, -0.1) is 0 Å². The van der Waals surface area contributed by atoms with Crippen LogP contribution in [0.4, 0.5) is 11.4 Å². The van der Waals surface area contributed by atoms with Crippen LogP contribution >= 0.6 is 0 Å². The first kappa shape index (κ1) is 49.9. The molecule has 0 saturated carbocycles. The van der Waals surface area contributed by atoms with Crippen molar-refractivity contribution in [2.75, 3.05) is 10.6 Å². The summed E-state index contributed by atoms with van der Waals surface area (Å²) in [5, 5.41) is 42.3. The Hall–Kier alpha value is -9.56. The van der Waals surface area contributed by atoms with Gasteiger partial charge in [0.1, 0.15) is 0 Å². The molecule has 6 N–H and O–H groups in total. The lowest BCUT2D eigenvalue weighted by atomic mass is 9.69. The Morgan fingerprint density at radius 1 is 0.400 bits per heavy atom. The van der Waals surface area contributed by atoms with Crippen molar-refractivity contribution in [3.05, 3.63) is 216 Å². The average Bonchev–Trinajstić information content (AvgIpc) is 3.34. The highest BCUT2D eigenvalue weighted by atomic mass is 16.4. The number of rotatable bonds is 20. The fraction of sp³-hybridized carbons (Fsp3) is 0.0714. The van der Waals surface area contributed by atoms with Crippen LogP contribution in [0.3, 0.4) is 0 Å². The van der Waals surface area contributed by atoms with Gasteiger partial charge >= 0.3 is 23.9 Å². The van der Waals surface area contributed by atoms with Crippen LogP contribution in [0.2, 0.25) is 0 Å². The van der Waals surface area contributed by atoms with E-state index in [4.69, 9.17) is 0 Å². The molecular formula is C56H44N2O12. The summed E-state index contributed by atoms with van der Waals surface area (Å²) in [6.45, 7) is 1.97. The molecule has 14 nitrogen and oxygen atoms in total. The summed E-state index contributed by atoms with van der Waals surface area (Å²) in [6.07, 6.45) is 5.99. The van der Waals surface area contributed by atoms with Gasteiger partial charge in [-0.25, -0.2) is 19.2 Å². The summed E-state index contributed by atoms with van der Waals surface area (Å²) < 4.78 is 0. The number of carboxylic acid groups (broad SMARTS) is 4. The summed E-state index contributed by atoms with van der Waals surface area (Å²) in [5.41, 5.74) is 6.11. The zero-order valence-corrected chi connectivity index (χ0v) is 37.4. The molecule has 0 aliphatic carbocycles. The van der Waals surface area contributed by atoms with Crippen LogP contribution in [0.15, 0.2) is 188 Å². The van der Waals surface area contributed by atoms with Gasteiger partial charge in [0.25, 0.3) is 0 Å². The number of ketones is 2. The van der Waals surface area contributed by atoms with Crippen molar-refractivity contribution in [3.63, 3.8) is 0 Å². The third kappa shape index (κ3) is 12.9. The zero-order chi connectivity index (χ0) is 50.4. The van der Waals surface area contributed by atoms with E-state index in [1.165, 1.54) is 0 Å². The van der Waals surface area contributed by atoms with Gasteiger partial charge in [0.15, 0.2) is 11.6 Å². The van der Waals surface area contributed by atoms with Gasteiger partial charge in [-0.3, -0.25) is 19.2 Å². The van der Waals surface area contributed by atoms with Crippen molar-refractivity contribution >= 4 is 58.6 Å². The standard InChI is InChI=1S/C56H44N2O12/c1-56(39-19-15-36(16-20-39)35-9-3-2-4-10-35,40-21-17-37(31-42(59)23-27-52(63)64)46(33-40)44-11-5-7-13-48(44)57-50(61)25-29-54(67)68)41-22-18-38(32-43(60)24-28-53(65)66)47(34-41)45-12-6-8-14-49(45)58-51(62)26-30-55(69)70/h2-30,33-34H,31-32H2,1H3,(H,57,61)(H,58,62)(H,63,64)(H,65,66)(H,67,68)(H,69,70)/b27-23+,28-24+,29-25+,30-26+. The Balaban J connectivity index is 1.64. The lowest BCUT2D eigenvalue weighted by molar-refractivity contribution is -0.132. The van der Waals surface area contributed by atoms with Gasteiger partial charge in [-0.1, -0.05) is 115 Å². The third-order valence-corrected chi connectivity index (χ3v) is 11.2. The van der Waals surface area contributed by atoms with E-state index in [9.17, 15) is 58.8 Å². The normalized spacial score (nSPS) is 11.5. The van der Waals surface area contributed by atoms with Gasteiger partial charge < -0.3 is 31.1 Å². The lowest BCUT2D eigenvalue weighted by Crippen LogP contribution is -2.26. The zero-order valence-electron chi connectivity index (χ0n) is 37.4. The summed E-state index contributed by atoms with van der Waals surface area (Å²) in [7, 11) is 0. The molecule has 0 aromatic heterocycles. The first-order chi connectivity index (χ1) is 33.5. The van der Waals surface area contributed by atoms with Crippen LogP contribution in [-0.2, 0) is 56.6 Å². The monoisotopic (exact) mass is 936 g/mol. The first-order valence-electron chi connectivity index (χ1n) is 21.4. The fourth-order valence-corrected chi connectivity index (χ4v) is 7.83. The predicted molar refractivity (Wildman–Crippen MR) is 263 cm³/mol. The van der Waals surface area contributed by atoms with Crippen molar-refractivity contribution in [2.45, 2.75) is 25.2 Å². The van der Waals surface area contributed by atoms with Crippen LogP contribution in [0, 0.1) is 0 Å². The lowest BCUT2D eigenvalue weighted by Gasteiger charge is -2.34.